The van der Waals surface area contributed by atoms with E-state index in [-0.39, 0.29) is 18.0 Å². The number of methoxy groups -OCH3 is 2. The summed E-state index contributed by atoms with van der Waals surface area (Å²) in [4.78, 5) is 29.8. The van der Waals surface area contributed by atoms with Crippen LogP contribution >= 0.6 is 11.6 Å². The van der Waals surface area contributed by atoms with Gasteiger partial charge in [0.1, 0.15) is 23.2 Å². The van der Waals surface area contributed by atoms with Gasteiger partial charge in [0, 0.05) is 17.6 Å². The lowest BCUT2D eigenvalue weighted by Gasteiger charge is -2.11. The Morgan fingerprint density at radius 2 is 2.00 bits per heavy atom. The Morgan fingerprint density at radius 1 is 1.15 bits per heavy atom. The van der Waals surface area contributed by atoms with Crippen molar-refractivity contribution in [2.24, 2.45) is 0 Å². The Labute approximate surface area is 194 Å². The zero-order chi connectivity index (χ0) is 23.4. The van der Waals surface area contributed by atoms with Crippen molar-refractivity contribution in [1.82, 2.24) is 24.6 Å². The molecular formula is C23H22ClN5O4. The van der Waals surface area contributed by atoms with Crippen LogP contribution in [-0.2, 0) is 13.1 Å². The summed E-state index contributed by atoms with van der Waals surface area (Å²) in [5, 5.41) is 8.12. The van der Waals surface area contributed by atoms with Gasteiger partial charge >= 0.3 is 0 Å². The number of halogens is 1. The number of fused-ring (bicyclic) bond motifs is 1. The molecule has 1 amide bonds. The van der Waals surface area contributed by atoms with Gasteiger partial charge in [0.25, 0.3) is 11.5 Å². The molecule has 33 heavy (non-hydrogen) atoms. The van der Waals surface area contributed by atoms with Gasteiger partial charge in [-0.2, -0.15) is 5.10 Å². The highest BCUT2D eigenvalue weighted by Crippen LogP contribution is 2.24. The van der Waals surface area contributed by atoms with Gasteiger partial charge in [-0.05, 0) is 29.8 Å². The quantitative estimate of drug-likeness (QED) is 0.427. The van der Waals surface area contributed by atoms with Gasteiger partial charge in [0.2, 0.25) is 0 Å². The summed E-state index contributed by atoms with van der Waals surface area (Å²) >= 11 is 6.03. The number of carbonyl (C=O) groups is 1. The first kappa shape index (κ1) is 22.3. The molecule has 1 N–H and O–H groups in total. The van der Waals surface area contributed by atoms with E-state index in [0.29, 0.717) is 46.2 Å². The van der Waals surface area contributed by atoms with Crippen molar-refractivity contribution in [3.05, 3.63) is 81.5 Å². The number of benzene rings is 2. The molecule has 0 unspecified atom stereocenters. The average molecular weight is 468 g/mol. The van der Waals surface area contributed by atoms with Gasteiger partial charge in [0.05, 0.1) is 39.1 Å². The monoisotopic (exact) mass is 467 g/mol. The molecule has 0 saturated carbocycles. The number of amides is 1. The van der Waals surface area contributed by atoms with E-state index in [4.69, 9.17) is 21.1 Å². The smallest absolute Gasteiger partial charge is 0.264 e. The summed E-state index contributed by atoms with van der Waals surface area (Å²) in [7, 11) is 3.04. The normalized spacial score (nSPS) is 10.9. The molecule has 4 rings (SSSR count). The number of hydrogen-bond donors (Lipinski definition) is 1. The lowest BCUT2D eigenvalue weighted by Crippen LogP contribution is -2.28. The predicted octanol–water partition coefficient (Wildman–Crippen LogP) is 2.74. The van der Waals surface area contributed by atoms with Gasteiger partial charge in [-0.25, -0.2) is 9.67 Å². The fraction of sp³-hybridized carbons (Fsp3) is 0.217. The molecule has 9 nitrogen and oxygen atoms in total. The lowest BCUT2D eigenvalue weighted by molar-refractivity contribution is 0.0949. The molecule has 0 fully saturated rings. The second kappa shape index (κ2) is 9.74. The second-order valence-electron chi connectivity index (χ2n) is 7.23. The van der Waals surface area contributed by atoms with Crippen LogP contribution in [0, 0.1) is 0 Å². The highest BCUT2D eigenvalue weighted by Gasteiger charge is 2.14. The molecule has 2 aromatic carbocycles. The van der Waals surface area contributed by atoms with Crippen molar-refractivity contribution >= 4 is 28.5 Å². The Hall–Kier alpha value is -3.85. The zero-order valence-corrected chi connectivity index (χ0v) is 18.9. The molecule has 170 valence electrons. The number of aromatic nitrogens is 4. The molecule has 0 saturated heterocycles. The summed E-state index contributed by atoms with van der Waals surface area (Å²) in [6.07, 6.45) is 2.98. The Balaban J connectivity index is 1.45. The van der Waals surface area contributed by atoms with Crippen molar-refractivity contribution < 1.29 is 14.3 Å². The lowest BCUT2D eigenvalue weighted by atomic mass is 10.1. The minimum absolute atomic E-state index is 0.196. The number of nitrogens with one attached hydrogen (secondary N) is 1. The van der Waals surface area contributed by atoms with E-state index >= 15 is 0 Å². The minimum atomic E-state index is -0.289. The third-order valence-corrected chi connectivity index (χ3v) is 5.36. The molecule has 0 bridgehead atoms. The maximum Gasteiger partial charge on any atom is 0.264 e. The van der Waals surface area contributed by atoms with Crippen LogP contribution in [0.15, 0.2) is 59.8 Å². The van der Waals surface area contributed by atoms with Crippen LogP contribution in [0.25, 0.3) is 11.0 Å². The summed E-state index contributed by atoms with van der Waals surface area (Å²) in [5.41, 5.74) is 1.55. The third-order valence-electron chi connectivity index (χ3n) is 5.13. The number of ether oxygens (including phenoxy) is 2. The van der Waals surface area contributed by atoms with Crippen LogP contribution in [0.2, 0.25) is 5.02 Å². The first-order chi connectivity index (χ1) is 16.0. The number of nitrogens with zero attached hydrogens (tertiary/aromatic N) is 4. The predicted molar refractivity (Wildman–Crippen MR) is 124 cm³/mol. The zero-order valence-electron chi connectivity index (χ0n) is 18.1. The molecule has 4 aromatic rings. The largest absolute Gasteiger partial charge is 0.497 e. The number of carbonyl (C=O) groups excluding carboxylic acids is 1. The molecule has 0 aliphatic carbocycles. The molecular weight excluding hydrogens is 446 g/mol. The highest BCUT2D eigenvalue weighted by atomic mass is 35.5. The molecule has 10 heteroatoms. The first-order valence-corrected chi connectivity index (χ1v) is 10.5. The van der Waals surface area contributed by atoms with E-state index < -0.39 is 0 Å². The van der Waals surface area contributed by atoms with Crippen LogP contribution in [0.4, 0.5) is 0 Å². The maximum atomic E-state index is 12.9. The standard InChI is InChI=1S/C23H22ClN5O4/c1-32-17-6-7-18(20(11-17)33-2)22(30)25-8-9-29-21-19(12-27-29)23(31)28(14-26-21)13-15-4-3-5-16(24)10-15/h3-7,10-12,14H,8-9,13H2,1-2H3,(H,25,30). The Kier molecular flexibility index (Phi) is 6.60. The van der Waals surface area contributed by atoms with Gasteiger partial charge in [0.15, 0.2) is 5.65 Å². The van der Waals surface area contributed by atoms with E-state index in [1.165, 1.54) is 24.2 Å². The van der Waals surface area contributed by atoms with E-state index in [1.54, 1.807) is 36.1 Å². The summed E-state index contributed by atoms with van der Waals surface area (Å²) < 4.78 is 13.5. The van der Waals surface area contributed by atoms with Gasteiger partial charge in [-0.3, -0.25) is 14.2 Å². The summed E-state index contributed by atoms with van der Waals surface area (Å²) in [6, 6.07) is 12.3. The van der Waals surface area contributed by atoms with Gasteiger partial charge in [-0.1, -0.05) is 23.7 Å². The fourth-order valence-corrected chi connectivity index (χ4v) is 3.68. The molecule has 0 aliphatic rings. The van der Waals surface area contributed by atoms with E-state index in [1.807, 2.05) is 18.2 Å². The first-order valence-electron chi connectivity index (χ1n) is 10.2. The molecule has 0 radical (unpaired) electrons. The van der Waals surface area contributed by atoms with Crippen LogP contribution in [0.5, 0.6) is 11.5 Å². The van der Waals surface area contributed by atoms with Crippen LogP contribution < -0.4 is 20.3 Å². The van der Waals surface area contributed by atoms with Gasteiger partial charge in [-0.15, -0.1) is 0 Å². The highest BCUT2D eigenvalue weighted by molar-refractivity contribution is 6.30. The van der Waals surface area contributed by atoms with Crippen molar-refractivity contribution in [3.63, 3.8) is 0 Å². The average Bonchev–Trinajstić information content (AvgIpc) is 3.24. The molecule has 0 spiro atoms. The Bertz CT molecular complexity index is 1360. The molecule has 2 aromatic heterocycles. The number of rotatable bonds is 8. The van der Waals surface area contributed by atoms with Crippen molar-refractivity contribution in [2.45, 2.75) is 13.1 Å². The van der Waals surface area contributed by atoms with Crippen LogP contribution in [0.1, 0.15) is 15.9 Å². The molecule has 0 aliphatic heterocycles. The third kappa shape index (κ3) is 4.83. The Morgan fingerprint density at radius 3 is 2.76 bits per heavy atom. The van der Waals surface area contributed by atoms with Crippen LogP contribution in [0.3, 0.4) is 0 Å². The summed E-state index contributed by atoms with van der Waals surface area (Å²) in [5.74, 6) is 0.722. The van der Waals surface area contributed by atoms with Gasteiger partial charge < -0.3 is 14.8 Å². The van der Waals surface area contributed by atoms with E-state index in [0.717, 1.165) is 5.56 Å². The SMILES string of the molecule is COc1ccc(C(=O)NCCn2ncc3c(=O)n(Cc4cccc(Cl)c4)cnc32)c(OC)c1. The van der Waals surface area contributed by atoms with Crippen LogP contribution in [-0.4, -0.2) is 46.0 Å². The molecule has 2 heterocycles. The van der Waals surface area contributed by atoms with Crippen molar-refractivity contribution in [3.8, 4) is 11.5 Å². The van der Waals surface area contributed by atoms with E-state index in [9.17, 15) is 9.59 Å². The van der Waals surface area contributed by atoms with Crippen molar-refractivity contribution in [2.75, 3.05) is 20.8 Å². The van der Waals surface area contributed by atoms with E-state index in [2.05, 4.69) is 15.4 Å². The minimum Gasteiger partial charge on any atom is -0.497 e. The molecule has 0 atom stereocenters. The maximum absolute atomic E-state index is 12.9. The second-order valence-corrected chi connectivity index (χ2v) is 7.67. The topological polar surface area (TPSA) is 100 Å². The number of hydrogen-bond acceptors (Lipinski definition) is 6. The fourth-order valence-electron chi connectivity index (χ4n) is 3.46. The summed E-state index contributed by atoms with van der Waals surface area (Å²) in [6.45, 7) is 0.990. The van der Waals surface area contributed by atoms with Crippen molar-refractivity contribution in [1.29, 1.82) is 0 Å².